The minimum absolute atomic E-state index is 0.401. The van der Waals surface area contributed by atoms with Crippen LogP contribution in [0.25, 0.3) is 0 Å². The summed E-state index contributed by atoms with van der Waals surface area (Å²) in [5, 5.41) is 0. The Hall–Kier alpha value is -1.99. The van der Waals surface area contributed by atoms with Crippen molar-refractivity contribution < 1.29 is 13.2 Å². The van der Waals surface area contributed by atoms with E-state index in [-0.39, 0.29) is 0 Å². The number of alkyl halides is 3. The lowest BCUT2D eigenvalue weighted by Crippen LogP contribution is -2.30. The molecule has 2 aromatic rings. The molecular weight excluding hydrogens is 269 g/mol. The maximum atomic E-state index is 12.5. The third-order valence-corrected chi connectivity index (χ3v) is 2.80. The number of aromatic nitrogens is 2. The molecule has 2 rings (SSSR count). The number of nitrogens with one attached hydrogen (secondary N) is 1. The van der Waals surface area contributed by atoms with Crippen molar-refractivity contribution in [1.82, 2.24) is 15.4 Å². The number of rotatable bonds is 3. The molecule has 0 aliphatic rings. The summed E-state index contributed by atoms with van der Waals surface area (Å²) in [7, 11) is 0. The lowest BCUT2D eigenvalue weighted by atomic mass is 10.0. The quantitative estimate of drug-likeness (QED) is 0.670. The fourth-order valence-corrected chi connectivity index (χ4v) is 1.74. The smallest absolute Gasteiger partial charge is 0.270 e. The molecular formula is C13H13F3N4. The van der Waals surface area contributed by atoms with E-state index in [1.165, 1.54) is 12.1 Å². The fraction of sp³-hybridized carbons (Fsp3) is 0.231. The van der Waals surface area contributed by atoms with Gasteiger partial charge in [-0.2, -0.15) is 13.2 Å². The van der Waals surface area contributed by atoms with Crippen LogP contribution in [0.15, 0.2) is 36.7 Å². The number of halogens is 3. The topological polar surface area (TPSA) is 63.8 Å². The highest BCUT2D eigenvalue weighted by Gasteiger charge is 2.30. The Morgan fingerprint density at radius 3 is 2.10 bits per heavy atom. The Bertz CT molecular complexity index is 564. The van der Waals surface area contributed by atoms with Crippen LogP contribution in [0.4, 0.5) is 13.2 Å². The van der Waals surface area contributed by atoms with Gasteiger partial charge >= 0.3 is 6.18 Å². The first-order chi connectivity index (χ1) is 9.41. The van der Waals surface area contributed by atoms with Gasteiger partial charge in [0, 0.05) is 12.4 Å². The van der Waals surface area contributed by atoms with Crippen LogP contribution < -0.4 is 11.3 Å². The zero-order valence-electron chi connectivity index (χ0n) is 10.6. The van der Waals surface area contributed by atoms with Gasteiger partial charge in [0.1, 0.15) is 6.04 Å². The van der Waals surface area contributed by atoms with Gasteiger partial charge in [-0.05, 0) is 30.2 Å². The molecule has 1 heterocycles. The molecule has 0 spiro atoms. The van der Waals surface area contributed by atoms with Crippen LogP contribution in [0.1, 0.15) is 28.6 Å². The molecule has 0 bridgehead atoms. The monoisotopic (exact) mass is 282 g/mol. The van der Waals surface area contributed by atoms with Crippen LogP contribution >= 0.6 is 0 Å². The predicted octanol–water partition coefficient (Wildman–Crippen LogP) is 2.36. The second-order valence-corrected chi connectivity index (χ2v) is 4.34. The van der Waals surface area contributed by atoms with Gasteiger partial charge < -0.3 is 0 Å². The van der Waals surface area contributed by atoms with Crippen molar-refractivity contribution >= 4 is 0 Å². The SMILES string of the molecule is Cc1cnc(C(NN)c2ccc(C(F)(F)F)cc2)nc1. The largest absolute Gasteiger partial charge is 0.416 e. The number of hydrazine groups is 1. The van der Waals surface area contributed by atoms with Crippen molar-refractivity contribution in [3.05, 3.63) is 59.2 Å². The predicted molar refractivity (Wildman–Crippen MR) is 67.4 cm³/mol. The first-order valence-corrected chi connectivity index (χ1v) is 5.83. The van der Waals surface area contributed by atoms with Gasteiger partial charge in [0.2, 0.25) is 0 Å². The van der Waals surface area contributed by atoms with E-state index >= 15 is 0 Å². The summed E-state index contributed by atoms with van der Waals surface area (Å²) in [6.07, 6.45) is -1.11. The first-order valence-electron chi connectivity index (χ1n) is 5.83. The number of hydrogen-bond donors (Lipinski definition) is 2. The van der Waals surface area contributed by atoms with Gasteiger partial charge in [-0.25, -0.2) is 15.4 Å². The molecule has 1 aromatic heterocycles. The molecule has 3 N–H and O–H groups in total. The molecule has 0 aliphatic heterocycles. The molecule has 0 saturated heterocycles. The Kier molecular flexibility index (Phi) is 4.01. The van der Waals surface area contributed by atoms with Gasteiger partial charge in [-0.3, -0.25) is 5.84 Å². The first kappa shape index (κ1) is 14.4. The minimum atomic E-state index is -4.36. The van der Waals surface area contributed by atoms with Crippen molar-refractivity contribution in [2.75, 3.05) is 0 Å². The lowest BCUT2D eigenvalue weighted by molar-refractivity contribution is -0.137. The molecule has 0 fully saturated rings. The van der Waals surface area contributed by atoms with Crippen molar-refractivity contribution in [1.29, 1.82) is 0 Å². The molecule has 0 saturated carbocycles. The molecule has 7 heteroatoms. The normalized spacial score (nSPS) is 13.2. The van der Waals surface area contributed by atoms with Crippen molar-refractivity contribution in [3.63, 3.8) is 0 Å². The summed E-state index contributed by atoms with van der Waals surface area (Å²) in [5.41, 5.74) is 3.25. The van der Waals surface area contributed by atoms with Gasteiger partial charge in [0.25, 0.3) is 0 Å². The van der Waals surface area contributed by atoms with Gasteiger partial charge in [0.15, 0.2) is 5.82 Å². The summed E-state index contributed by atoms with van der Waals surface area (Å²) in [5.74, 6) is 5.85. The molecule has 0 aliphatic carbocycles. The van der Waals surface area contributed by atoms with Crippen LogP contribution in [0, 0.1) is 6.92 Å². The minimum Gasteiger partial charge on any atom is -0.270 e. The summed E-state index contributed by atoms with van der Waals surface area (Å²) in [4.78, 5) is 8.24. The van der Waals surface area contributed by atoms with Crippen LogP contribution in [-0.2, 0) is 6.18 Å². The number of hydrogen-bond acceptors (Lipinski definition) is 4. The molecule has 106 valence electrons. The van der Waals surface area contributed by atoms with E-state index in [1.54, 1.807) is 12.4 Å². The second-order valence-electron chi connectivity index (χ2n) is 4.34. The molecule has 20 heavy (non-hydrogen) atoms. The fourth-order valence-electron chi connectivity index (χ4n) is 1.74. The van der Waals surface area contributed by atoms with E-state index in [9.17, 15) is 13.2 Å². The second kappa shape index (κ2) is 5.56. The van der Waals surface area contributed by atoms with E-state index in [1.807, 2.05) is 6.92 Å². The highest BCUT2D eigenvalue weighted by Crippen LogP contribution is 2.30. The molecule has 1 unspecified atom stereocenters. The lowest BCUT2D eigenvalue weighted by Gasteiger charge is -2.16. The van der Waals surface area contributed by atoms with E-state index in [2.05, 4.69) is 15.4 Å². The highest BCUT2D eigenvalue weighted by molar-refractivity contribution is 5.30. The van der Waals surface area contributed by atoms with Crippen molar-refractivity contribution in [3.8, 4) is 0 Å². The molecule has 1 atom stereocenters. The molecule has 0 radical (unpaired) electrons. The Morgan fingerprint density at radius 2 is 1.65 bits per heavy atom. The van der Waals surface area contributed by atoms with Gasteiger partial charge in [0.05, 0.1) is 5.56 Å². The molecule has 0 amide bonds. The maximum absolute atomic E-state index is 12.5. The Morgan fingerprint density at radius 1 is 1.10 bits per heavy atom. The maximum Gasteiger partial charge on any atom is 0.416 e. The number of nitrogens with zero attached hydrogens (tertiary/aromatic N) is 2. The zero-order valence-corrected chi connectivity index (χ0v) is 10.6. The van der Waals surface area contributed by atoms with Crippen LogP contribution in [-0.4, -0.2) is 9.97 Å². The number of benzene rings is 1. The van der Waals surface area contributed by atoms with Crippen LogP contribution in [0.5, 0.6) is 0 Å². The Labute approximate surface area is 113 Å². The standard InChI is InChI=1S/C13H13F3N4/c1-8-6-18-12(19-7-8)11(20-17)9-2-4-10(5-3-9)13(14,15)16/h2-7,11,20H,17H2,1H3. The molecule has 4 nitrogen and oxygen atoms in total. The summed E-state index contributed by atoms with van der Waals surface area (Å²) in [6, 6.07) is 4.17. The van der Waals surface area contributed by atoms with E-state index < -0.39 is 17.8 Å². The number of nitrogens with two attached hydrogens (primary N) is 1. The van der Waals surface area contributed by atoms with Gasteiger partial charge in [-0.1, -0.05) is 12.1 Å². The van der Waals surface area contributed by atoms with Gasteiger partial charge in [-0.15, -0.1) is 0 Å². The molecule has 1 aromatic carbocycles. The summed E-state index contributed by atoms with van der Waals surface area (Å²) in [6.45, 7) is 1.84. The van der Waals surface area contributed by atoms with E-state index in [4.69, 9.17) is 5.84 Å². The Balaban J connectivity index is 2.30. The van der Waals surface area contributed by atoms with E-state index in [0.29, 0.717) is 11.4 Å². The summed E-state index contributed by atoms with van der Waals surface area (Å²) < 4.78 is 37.5. The van der Waals surface area contributed by atoms with Crippen molar-refractivity contribution in [2.24, 2.45) is 5.84 Å². The third-order valence-electron chi connectivity index (χ3n) is 2.80. The average Bonchev–Trinajstić information content (AvgIpc) is 2.41. The third kappa shape index (κ3) is 3.12. The zero-order chi connectivity index (χ0) is 14.8. The van der Waals surface area contributed by atoms with Crippen LogP contribution in [0.3, 0.4) is 0 Å². The average molecular weight is 282 g/mol. The van der Waals surface area contributed by atoms with Crippen molar-refractivity contribution in [2.45, 2.75) is 19.1 Å². The summed E-state index contributed by atoms with van der Waals surface area (Å²) >= 11 is 0. The van der Waals surface area contributed by atoms with Crippen LogP contribution in [0.2, 0.25) is 0 Å². The number of aryl methyl sites for hydroxylation is 1. The van der Waals surface area contributed by atoms with E-state index in [0.717, 1.165) is 17.7 Å². The highest BCUT2D eigenvalue weighted by atomic mass is 19.4.